The summed E-state index contributed by atoms with van der Waals surface area (Å²) in [5, 5.41) is 10.1. The minimum atomic E-state index is -0.892. The monoisotopic (exact) mass is 364 g/mol. The molecule has 8 heteroatoms. The van der Waals surface area contributed by atoms with Crippen LogP contribution in [0.25, 0.3) is 10.9 Å². The molecule has 2 aliphatic rings. The third-order valence-electron chi connectivity index (χ3n) is 4.10. The fourth-order valence-electron chi connectivity index (χ4n) is 3.07. The summed E-state index contributed by atoms with van der Waals surface area (Å²) >= 11 is 3.46. The number of rotatable bonds is 0. The maximum Gasteiger partial charge on any atom is 0.407 e. The van der Waals surface area contributed by atoms with Crippen molar-refractivity contribution in [2.24, 2.45) is 0 Å². The lowest BCUT2D eigenvalue weighted by molar-refractivity contribution is 0.127. The Bertz CT molecular complexity index is 769. The van der Waals surface area contributed by atoms with Crippen molar-refractivity contribution in [2.45, 2.75) is 6.04 Å². The lowest BCUT2D eigenvalue weighted by Crippen LogP contribution is -2.56. The molecule has 1 fully saturated rings. The fourth-order valence-corrected chi connectivity index (χ4v) is 3.50. The van der Waals surface area contributed by atoms with Gasteiger partial charge in [0.1, 0.15) is 24.5 Å². The molecule has 1 aromatic carbocycles. The highest BCUT2D eigenvalue weighted by molar-refractivity contribution is 9.10. The molecule has 1 aromatic heterocycles. The summed E-state index contributed by atoms with van der Waals surface area (Å²) in [6.45, 7) is 1.90. The number of nitrogens with zero attached hydrogens (tertiary/aromatic N) is 4. The van der Waals surface area contributed by atoms with Crippen LogP contribution in [0.2, 0.25) is 0 Å². The van der Waals surface area contributed by atoms with Crippen molar-refractivity contribution in [3.05, 3.63) is 22.9 Å². The van der Waals surface area contributed by atoms with Crippen LogP contribution in [0.3, 0.4) is 0 Å². The van der Waals surface area contributed by atoms with Crippen LogP contribution < -0.4 is 9.64 Å². The van der Waals surface area contributed by atoms with Crippen LogP contribution in [0.4, 0.5) is 10.6 Å². The van der Waals surface area contributed by atoms with E-state index in [1.807, 2.05) is 12.1 Å². The third-order valence-corrected chi connectivity index (χ3v) is 4.56. The molecular formula is C14H13BrN4O3. The van der Waals surface area contributed by atoms with Crippen molar-refractivity contribution in [1.29, 1.82) is 0 Å². The predicted molar refractivity (Wildman–Crippen MR) is 83.5 cm³/mol. The van der Waals surface area contributed by atoms with Crippen molar-refractivity contribution in [1.82, 2.24) is 14.9 Å². The molecule has 3 heterocycles. The molecule has 0 unspecified atom stereocenters. The second-order valence-corrected chi connectivity index (χ2v) is 6.30. The Hall–Kier alpha value is -2.09. The van der Waals surface area contributed by atoms with Gasteiger partial charge in [0.2, 0.25) is 0 Å². The Kier molecular flexibility index (Phi) is 3.07. The predicted octanol–water partition coefficient (Wildman–Crippen LogP) is 1.95. The van der Waals surface area contributed by atoms with Crippen LogP contribution in [0.15, 0.2) is 22.9 Å². The molecule has 1 atom stereocenters. The van der Waals surface area contributed by atoms with Gasteiger partial charge in [-0.3, -0.25) is 0 Å². The molecule has 2 aliphatic heterocycles. The van der Waals surface area contributed by atoms with E-state index in [1.54, 1.807) is 6.33 Å². The van der Waals surface area contributed by atoms with Gasteiger partial charge in [-0.05, 0) is 12.1 Å². The van der Waals surface area contributed by atoms with Gasteiger partial charge in [0.05, 0.1) is 16.9 Å². The third kappa shape index (κ3) is 2.06. The smallest absolute Gasteiger partial charge is 0.407 e. The minimum absolute atomic E-state index is 0.0471. The van der Waals surface area contributed by atoms with Gasteiger partial charge in [-0.2, -0.15) is 0 Å². The summed E-state index contributed by atoms with van der Waals surface area (Å²) < 4.78 is 6.82. The highest BCUT2D eigenvalue weighted by atomic mass is 79.9. The Morgan fingerprint density at radius 1 is 1.36 bits per heavy atom. The van der Waals surface area contributed by atoms with Gasteiger partial charge in [0, 0.05) is 24.1 Å². The van der Waals surface area contributed by atoms with Crippen LogP contribution in [0.1, 0.15) is 0 Å². The van der Waals surface area contributed by atoms with Crippen LogP contribution in [-0.4, -0.2) is 58.4 Å². The summed E-state index contributed by atoms with van der Waals surface area (Å²) in [5.74, 6) is 1.55. The molecule has 22 heavy (non-hydrogen) atoms. The van der Waals surface area contributed by atoms with E-state index in [0.29, 0.717) is 26.2 Å². The standard InChI is InChI=1S/C14H13BrN4O3/c15-8-3-10-12-11(4-8)22-6-9-5-18(14(20)21)1-2-19(9)13(12)17-7-16-10/h3-4,7,9H,1-2,5-6H2,(H,20,21)/t9-/m0/s1. The summed E-state index contributed by atoms with van der Waals surface area (Å²) in [6.07, 6.45) is 0.650. The second-order valence-electron chi connectivity index (χ2n) is 5.38. The van der Waals surface area contributed by atoms with E-state index in [-0.39, 0.29) is 6.04 Å². The van der Waals surface area contributed by atoms with E-state index >= 15 is 0 Å². The van der Waals surface area contributed by atoms with E-state index in [4.69, 9.17) is 4.74 Å². The van der Waals surface area contributed by atoms with Crippen LogP contribution >= 0.6 is 15.9 Å². The molecule has 114 valence electrons. The zero-order valence-electron chi connectivity index (χ0n) is 11.6. The highest BCUT2D eigenvalue weighted by Gasteiger charge is 2.34. The van der Waals surface area contributed by atoms with Crippen LogP contribution in [0.5, 0.6) is 5.75 Å². The number of carboxylic acid groups (broad SMARTS) is 1. The maximum atomic E-state index is 11.2. The molecule has 2 aromatic rings. The molecule has 1 amide bonds. The first-order valence-electron chi connectivity index (χ1n) is 6.95. The Labute approximate surface area is 134 Å². The molecule has 4 rings (SSSR count). The van der Waals surface area contributed by atoms with E-state index < -0.39 is 6.09 Å². The van der Waals surface area contributed by atoms with Gasteiger partial charge in [-0.1, -0.05) is 15.9 Å². The van der Waals surface area contributed by atoms with Gasteiger partial charge in [0.25, 0.3) is 0 Å². The number of halogens is 1. The number of piperazine rings is 1. The Balaban J connectivity index is 1.82. The summed E-state index contributed by atoms with van der Waals surface area (Å²) in [6, 6.07) is 3.79. The molecule has 1 N–H and O–H groups in total. The summed E-state index contributed by atoms with van der Waals surface area (Å²) in [5.41, 5.74) is 0.815. The van der Waals surface area contributed by atoms with Gasteiger partial charge in [0.15, 0.2) is 0 Å². The van der Waals surface area contributed by atoms with Crippen molar-refractivity contribution in [3.63, 3.8) is 0 Å². The van der Waals surface area contributed by atoms with Crippen LogP contribution in [-0.2, 0) is 0 Å². The van der Waals surface area contributed by atoms with Crippen molar-refractivity contribution in [3.8, 4) is 5.75 Å². The first-order valence-corrected chi connectivity index (χ1v) is 7.74. The lowest BCUT2D eigenvalue weighted by Gasteiger charge is -2.39. The average Bonchev–Trinajstić information content (AvgIpc) is 2.66. The number of fused-ring (bicyclic) bond motifs is 2. The number of benzene rings is 1. The van der Waals surface area contributed by atoms with Gasteiger partial charge in [-0.15, -0.1) is 0 Å². The normalized spacial score (nSPS) is 20.3. The number of anilines is 1. The number of aromatic nitrogens is 2. The SMILES string of the molecule is O=C(O)N1CCN2c3ncnc4cc(Br)cc(c34)OC[C@@H]2C1. The molecule has 0 spiro atoms. The molecule has 0 aliphatic carbocycles. The number of amides is 1. The number of ether oxygens (including phenoxy) is 1. The summed E-state index contributed by atoms with van der Waals surface area (Å²) in [7, 11) is 0. The first kappa shape index (κ1) is 13.6. The number of hydrogen-bond acceptors (Lipinski definition) is 5. The van der Waals surface area contributed by atoms with E-state index in [2.05, 4.69) is 30.8 Å². The average molecular weight is 365 g/mol. The minimum Gasteiger partial charge on any atom is -0.490 e. The first-order chi connectivity index (χ1) is 10.6. The topological polar surface area (TPSA) is 78.8 Å². The fraction of sp³-hybridized carbons (Fsp3) is 0.357. The molecular weight excluding hydrogens is 352 g/mol. The Morgan fingerprint density at radius 3 is 3.05 bits per heavy atom. The van der Waals surface area contributed by atoms with Crippen molar-refractivity contribution in [2.75, 3.05) is 31.1 Å². The molecule has 0 bridgehead atoms. The zero-order valence-corrected chi connectivity index (χ0v) is 13.2. The Morgan fingerprint density at radius 2 is 2.23 bits per heavy atom. The molecule has 1 saturated heterocycles. The zero-order chi connectivity index (χ0) is 15.3. The van der Waals surface area contributed by atoms with Gasteiger partial charge in [-0.25, -0.2) is 14.8 Å². The molecule has 7 nitrogen and oxygen atoms in total. The van der Waals surface area contributed by atoms with E-state index in [1.165, 1.54) is 4.90 Å². The quantitative estimate of drug-likeness (QED) is 0.769. The molecule has 0 saturated carbocycles. The highest BCUT2D eigenvalue weighted by Crippen LogP contribution is 2.38. The summed E-state index contributed by atoms with van der Waals surface area (Å²) in [4.78, 5) is 23.5. The molecule has 0 radical (unpaired) electrons. The van der Waals surface area contributed by atoms with Crippen LogP contribution in [0, 0.1) is 0 Å². The van der Waals surface area contributed by atoms with Gasteiger partial charge >= 0.3 is 6.09 Å². The largest absolute Gasteiger partial charge is 0.490 e. The number of hydrogen-bond donors (Lipinski definition) is 1. The van der Waals surface area contributed by atoms with Crippen molar-refractivity contribution < 1.29 is 14.6 Å². The second kappa shape index (κ2) is 4.98. The van der Waals surface area contributed by atoms with Gasteiger partial charge < -0.3 is 19.6 Å². The van der Waals surface area contributed by atoms with E-state index in [0.717, 1.165) is 26.9 Å². The number of carbonyl (C=O) groups is 1. The lowest BCUT2D eigenvalue weighted by atomic mass is 10.1. The maximum absolute atomic E-state index is 11.2. The van der Waals surface area contributed by atoms with E-state index in [9.17, 15) is 9.90 Å². The van der Waals surface area contributed by atoms with Crippen molar-refractivity contribution >= 4 is 38.7 Å².